The Labute approximate surface area is 195 Å². The van der Waals surface area contributed by atoms with Crippen molar-refractivity contribution in [3.05, 3.63) is 0 Å². The van der Waals surface area contributed by atoms with Crippen molar-refractivity contribution in [3.63, 3.8) is 0 Å². The molecule has 4 N–H and O–H groups in total. The first-order valence-electron chi connectivity index (χ1n) is 12.6. The molecule has 4 saturated heterocycles. The van der Waals surface area contributed by atoms with E-state index in [1.165, 1.54) is 25.9 Å². The highest BCUT2D eigenvalue weighted by molar-refractivity contribution is 4.87. The molecule has 5 unspecified atom stereocenters. The molecule has 0 aromatic rings. The summed E-state index contributed by atoms with van der Waals surface area (Å²) in [5, 5.41) is 13.0. The van der Waals surface area contributed by atoms with Gasteiger partial charge >= 0.3 is 6.18 Å². The number of halogens is 3. The highest BCUT2D eigenvalue weighted by Crippen LogP contribution is 2.24. The van der Waals surface area contributed by atoms with Gasteiger partial charge in [-0.15, -0.1) is 0 Å². The molecular weight excluding hydrogens is 437 g/mol. The summed E-state index contributed by atoms with van der Waals surface area (Å²) in [4.78, 5) is 4.90. The Morgan fingerprint density at radius 1 is 0.909 bits per heavy atom. The van der Waals surface area contributed by atoms with E-state index in [0.29, 0.717) is 12.6 Å². The van der Waals surface area contributed by atoms with Crippen LogP contribution in [0.25, 0.3) is 0 Å². The molecule has 8 nitrogen and oxygen atoms in total. The van der Waals surface area contributed by atoms with Gasteiger partial charge in [-0.3, -0.25) is 26.2 Å². The Kier molecular flexibility index (Phi) is 8.88. The van der Waals surface area contributed by atoms with Gasteiger partial charge in [-0.2, -0.15) is 13.2 Å². The van der Waals surface area contributed by atoms with Crippen LogP contribution in [0.3, 0.4) is 0 Å². The van der Waals surface area contributed by atoms with Crippen molar-refractivity contribution in [3.8, 4) is 0 Å². The predicted octanol–water partition coefficient (Wildman–Crippen LogP) is 1.55. The lowest BCUT2D eigenvalue weighted by molar-refractivity contribution is -0.202. The van der Waals surface area contributed by atoms with Gasteiger partial charge < -0.3 is 14.4 Å². The van der Waals surface area contributed by atoms with E-state index >= 15 is 0 Å². The van der Waals surface area contributed by atoms with Gasteiger partial charge in [0.15, 0.2) is 6.35 Å². The average molecular weight is 479 g/mol. The lowest BCUT2D eigenvalue weighted by Crippen LogP contribution is -2.76. The number of nitrogens with one attached hydrogen (secondary N) is 4. The fourth-order valence-corrected chi connectivity index (χ4v) is 5.39. The van der Waals surface area contributed by atoms with E-state index in [0.717, 1.165) is 44.7 Å². The molecule has 4 heterocycles. The van der Waals surface area contributed by atoms with Crippen LogP contribution in [0, 0.1) is 5.92 Å². The largest absolute Gasteiger partial charge is 0.411 e. The third kappa shape index (κ3) is 7.73. The van der Waals surface area contributed by atoms with Gasteiger partial charge in [0.2, 0.25) is 0 Å². The molecule has 0 aromatic carbocycles. The molecule has 4 aliphatic rings. The third-order valence-corrected chi connectivity index (χ3v) is 7.43. The summed E-state index contributed by atoms with van der Waals surface area (Å²) >= 11 is 0. The van der Waals surface area contributed by atoms with Crippen molar-refractivity contribution in [1.82, 2.24) is 31.1 Å². The smallest absolute Gasteiger partial charge is 0.374 e. The van der Waals surface area contributed by atoms with E-state index in [2.05, 4.69) is 44.9 Å². The van der Waals surface area contributed by atoms with Crippen LogP contribution < -0.4 is 21.3 Å². The fourth-order valence-electron chi connectivity index (χ4n) is 5.39. The van der Waals surface area contributed by atoms with Crippen LogP contribution in [0.5, 0.6) is 0 Å². The monoisotopic (exact) mass is 478 g/mol. The molecule has 5 atom stereocenters. The molecule has 11 heteroatoms. The molecule has 0 amide bonds. The summed E-state index contributed by atoms with van der Waals surface area (Å²) in [7, 11) is 0. The molecule has 0 aromatic heterocycles. The molecule has 0 spiro atoms. The predicted molar refractivity (Wildman–Crippen MR) is 119 cm³/mol. The van der Waals surface area contributed by atoms with Crippen molar-refractivity contribution in [1.29, 1.82) is 0 Å². The maximum atomic E-state index is 12.7. The first kappa shape index (κ1) is 25.6. The van der Waals surface area contributed by atoms with Crippen LogP contribution in [-0.2, 0) is 9.47 Å². The summed E-state index contributed by atoms with van der Waals surface area (Å²) in [6.07, 6.45) is 1.15. The lowest BCUT2D eigenvalue weighted by atomic mass is 9.95. The van der Waals surface area contributed by atoms with E-state index < -0.39 is 19.1 Å². The first-order chi connectivity index (χ1) is 15.7. The van der Waals surface area contributed by atoms with Gasteiger partial charge in [0.05, 0.1) is 12.2 Å². The number of likely N-dealkylation sites (tertiary alicyclic amines) is 2. The van der Waals surface area contributed by atoms with E-state index in [9.17, 15) is 13.2 Å². The third-order valence-electron chi connectivity index (χ3n) is 7.43. The summed E-state index contributed by atoms with van der Waals surface area (Å²) in [5.41, 5.74) is 0. The second-order valence-corrected chi connectivity index (χ2v) is 10.2. The molecule has 0 saturated carbocycles. The van der Waals surface area contributed by atoms with Gasteiger partial charge in [0.25, 0.3) is 0 Å². The number of hydrogen-bond acceptors (Lipinski definition) is 8. The van der Waals surface area contributed by atoms with Gasteiger partial charge in [-0.05, 0) is 64.5 Å². The fraction of sp³-hybridized carbons (Fsp3) is 1.00. The van der Waals surface area contributed by atoms with Crippen LogP contribution in [0.4, 0.5) is 13.2 Å². The van der Waals surface area contributed by atoms with Crippen LogP contribution in [-0.4, -0.2) is 92.5 Å². The van der Waals surface area contributed by atoms with Crippen LogP contribution in [0.2, 0.25) is 0 Å². The lowest BCUT2D eigenvalue weighted by Gasteiger charge is -2.47. The SMILES string of the molecule is CC1CCN(C2CCN(C3NC(NCC4CCC(C)O4)NC(OCC(F)(F)F)N3)CC2)CC1. The Bertz CT molecular complexity index is 599. The minimum absolute atomic E-state index is 0.120. The van der Waals surface area contributed by atoms with Crippen LogP contribution in [0.15, 0.2) is 0 Å². The van der Waals surface area contributed by atoms with Crippen molar-refractivity contribution < 1.29 is 22.6 Å². The second-order valence-electron chi connectivity index (χ2n) is 10.2. The molecule has 4 fully saturated rings. The number of rotatable bonds is 7. The van der Waals surface area contributed by atoms with E-state index in [4.69, 9.17) is 9.47 Å². The quantitative estimate of drug-likeness (QED) is 0.440. The van der Waals surface area contributed by atoms with E-state index in [1.807, 2.05) is 0 Å². The molecule has 4 rings (SSSR count). The number of ether oxygens (including phenoxy) is 2. The highest BCUT2D eigenvalue weighted by Gasteiger charge is 2.37. The van der Waals surface area contributed by atoms with Crippen molar-refractivity contribution in [2.24, 2.45) is 5.92 Å². The Balaban J connectivity index is 1.29. The molecule has 192 valence electrons. The summed E-state index contributed by atoms with van der Waals surface area (Å²) in [6.45, 7) is 7.86. The molecular formula is C22H41F3N6O2. The maximum Gasteiger partial charge on any atom is 0.411 e. The Hall–Kier alpha value is -0.530. The van der Waals surface area contributed by atoms with Gasteiger partial charge in [-0.1, -0.05) is 6.92 Å². The number of piperidine rings is 2. The zero-order chi connectivity index (χ0) is 23.4. The topological polar surface area (TPSA) is 73.1 Å². The average Bonchev–Trinajstić information content (AvgIpc) is 3.21. The van der Waals surface area contributed by atoms with Gasteiger partial charge in [0.1, 0.15) is 19.2 Å². The van der Waals surface area contributed by atoms with Crippen molar-refractivity contribution in [2.45, 2.75) is 95.7 Å². The molecule has 0 radical (unpaired) electrons. The van der Waals surface area contributed by atoms with Gasteiger partial charge in [-0.25, -0.2) is 0 Å². The summed E-state index contributed by atoms with van der Waals surface area (Å²) < 4.78 is 49.2. The normalized spacial score (nSPS) is 36.5. The van der Waals surface area contributed by atoms with E-state index in [-0.39, 0.29) is 24.8 Å². The number of hydrogen-bond donors (Lipinski definition) is 4. The zero-order valence-electron chi connectivity index (χ0n) is 19.9. The van der Waals surface area contributed by atoms with E-state index in [1.54, 1.807) is 0 Å². The number of nitrogens with zero attached hydrogens (tertiary/aromatic N) is 2. The summed E-state index contributed by atoms with van der Waals surface area (Å²) in [6, 6.07) is 0.600. The first-order valence-corrected chi connectivity index (χ1v) is 12.6. The Morgan fingerprint density at radius 3 is 2.24 bits per heavy atom. The number of alkyl halides is 3. The summed E-state index contributed by atoms with van der Waals surface area (Å²) in [5.74, 6) is 0.820. The Morgan fingerprint density at radius 2 is 1.61 bits per heavy atom. The zero-order valence-corrected chi connectivity index (χ0v) is 19.9. The van der Waals surface area contributed by atoms with Crippen molar-refractivity contribution in [2.75, 3.05) is 39.3 Å². The second kappa shape index (κ2) is 11.5. The highest BCUT2D eigenvalue weighted by atomic mass is 19.4. The van der Waals surface area contributed by atoms with Gasteiger partial charge in [0, 0.05) is 25.7 Å². The molecule has 33 heavy (non-hydrogen) atoms. The maximum absolute atomic E-state index is 12.7. The minimum atomic E-state index is -4.37. The standard InChI is InChI=1S/C22H41F3N6O2/c1-15-5-9-30(10-6-15)17-7-11-31(12-8-17)20-27-19(26-13-18-4-3-16(2)33-18)28-21(29-20)32-14-22(23,24)25/h15-21,26-29H,3-14H2,1-2H3. The minimum Gasteiger partial charge on any atom is -0.374 e. The van der Waals surface area contributed by atoms with Crippen LogP contribution >= 0.6 is 0 Å². The molecule has 0 aliphatic carbocycles. The van der Waals surface area contributed by atoms with Crippen molar-refractivity contribution >= 4 is 0 Å². The molecule has 4 aliphatic heterocycles. The molecule has 0 bridgehead atoms. The van der Waals surface area contributed by atoms with Crippen LogP contribution in [0.1, 0.15) is 52.4 Å².